The van der Waals surface area contributed by atoms with E-state index in [0.717, 1.165) is 10.5 Å². The van der Waals surface area contributed by atoms with Crippen molar-refractivity contribution < 1.29 is 24.0 Å². The number of hydrogen-bond acceptors (Lipinski definition) is 7. The summed E-state index contributed by atoms with van der Waals surface area (Å²) in [5.74, 6) is -1.51. The first kappa shape index (κ1) is 26.7. The number of amides is 3. The van der Waals surface area contributed by atoms with Crippen LogP contribution in [0.15, 0.2) is 66.7 Å². The molecule has 5 rings (SSSR count). The molecule has 2 fully saturated rings. The minimum atomic E-state index is -1.08. The number of urea groups is 1. The molecule has 12 heteroatoms. The SMILES string of the molecule is N#Cc1cccc(C2(N)CC2c2ccc(F)c(NC(=O)[C@H]3C[C@@H](O)CN3C(=O)Nc3ccc([N+](=O)[O-])cc3)c2)c1. The summed E-state index contributed by atoms with van der Waals surface area (Å²) in [6, 6.07) is 16.8. The summed E-state index contributed by atoms with van der Waals surface area (Å²) in [6.07, 6.45) is -0.445. The van der Waals surface area contributed by atoms with Gasteiger partial charge in [0.2, 0.25) is 5.91 Å². The summed E-state index contributed by atoms with van der Waals surface area (Å²) in [7, 11) is 0. The van der Waals surface area contributed by atoms with E-state index in [1.54, 1.807) is 24.3 Å². The van der Waals surface area contributed by atoms with Gasteiger partial charge in [0.25, 0.3) is 5.69 Å². The van der Waals surface area contributed by atoms with Gasteiger partial charge in [0, 0.05) is 42.2 Å². The molecular formula is C28H25FN6O5. The molecule has 1 saturated heterocycles. The van der Waals surface area contributed by atoms with Crippen LogP contribution in [-0.2, 0) is 10.3 Å². The quantitative estimate of drug-likeness (QED) is 0.271. The van der Waals surface area contributed by atoms with Crippen molar-refractivity contribution in [3.63, 3.8) is 0 Å². The summed E-state index contributed by atoms with van der Waals surface area (Å²) < 4.78 is 14.8. The number of nitrogens with one attached hydrogen (secondary N) is 2. The number of carbonyl (C=O) groups excluding carboxylic acids is 2. The van der Waals surface area contributed by atoms with Crippen molar-refractivity contribution in [2.24, 2.45) is 5.73 Å². The van der Waals surface area contributed by atoms with Crippen molar-refractivity contribution in [2.75, 3.05) is 17.2 Å². The van der Waals surface area contributed by atoms with E-state index in [1.165, 1.54) is 36.4 Å². The molecule has 3 amide bonds. The van der Waals surface area contributed by atoms with E-state index in [-0.39, 0.29) is 35.9 Å². The summed E-state index contributed by atoms with van der Waals surface area (Å²) in [5, 5.41) is 35.4. The third-order valence-corrected chi connectivity index (χ3v) is 7.36. The molecule has 3 aromatic carbocycles. The number of nitrogens with two attached hydrogens (primary N) is 1. The average Bonchev–Trinajstić information content (AvgIpc) is 3.48. The Balaban J connectivity index is 1.29. The second-order valence-electron chi connectivity index (χ2n) is 10.0. The number of hydrogen-bond donors (Lipinski definition) is 4. The molecule has 0 bridgehead atoms. The van der Waals surface area contributed by atoms with Crippen molar-refractivity contribution in [1.82, 2.24) is 4.90 Å². The third kappa shape index (κ3) is 5.20. The minimum absolute atomic E-state index is 0.0510. The number of nitro groups is 1. The van der Waals surface area contributed by atoms with E-state index in [2.05, 4.69) is 16.7 Å². The highest BCUT2D eigenvalue weighted by atomic mass is 19.1. The Morgan fingerprint density at radius 1 is 1.15 bits per heavy atom. The van der Waals surface area contributed by atoms with Crippen molar-refractivity contribution in [3.8, 4) is 6.07 Å². The Morgan fingerprint density at radius 3 is 2.60 bits per heavy atom. The van der Waals surface area contributed by atoms with Gasteiger partial charge in [-0.1, -0.05) is 18.2 Å². The molecule has 4 atom stereocenters. The van der Waals surface area contributed by atoms with E-state index in [9.17, 15) is 34.5 Å². The topological polar surface area (TPSA) is 175 Å². The van der Waals surface area contributed by atoms with Crippen molar-refractivity contribution in [1.29, 1.82) is 5.26 Å². The monoisotopic (exact) mass is 544 g/mol. The number of aliphatic hydroxyl groups is 1. The Hall–Kier alpha value is -4.86. The van der Waals surface area contributed by atoms with Crippen LogP contribution in [0.25, 0.3) is 0 Å². The standard InChI is InChI=1S/C28H25FN6O5/c29-23-9-4-17(22-13-28(22,31)18-3-1-2-16(10-18)14-30)11-24(23)33-26(37)25-12-21(36)15-34(25)27(38)32-19-5-7-20(8-6-19)35(39)40/h1-11,21-22,25,36H,12-13,15,31H2,(H,32,38)(H,33,37)/t21-,22?,25-,28?/m1/s1. The zero-order chi connectivity index (χ0) is 28.6. The first-order valence-corrected chi connectivity index (χ1v) is 12.5. The van der Waals surface area contributed by atoms with Crippen LogP contribution in [-0.4, -0.2) is 45.6 Å². The van der Waals surface area contributed by atoms with Crippen LogP contribution in [0.4, 0.5) is 26.2 Å². The van der Waals surface area contributed by atoms with Crippen LogP contribution in [0.1, 0.15) is 35.4 Å². The number of aliphatic hydroxyl groups excluding tert-OH is 1. The van der Waals surface area contributed by atoms with E-state index in [4.69, 9.17) is 5.73 Å². The molecule has 3 aromatic rings. The average molecular weight is 545 g/mol. The third-order valence-electron chi connectivity index (χ3n) is 7.36. The second-order valence-corrected chi connectivity index (χ2v) is 10.0. The van der Waals surface area contributed by atoms with Crippen LogP contribution in [0.3, 0.4) is 0 Å². The summed E-state index contributed by atoms with van der Waals surface area (Å²) >= 11 is 0. The lowest BCUT2D eigenvalue weighted by molar-refractivity contribution is -0.384. The van der Waals surface area contributed by atoms with Crippen molar-refractivity contribution >= 4 is 29.0 Å². The van der Waals surface area contributed by atoms with Crippen LogP contribution < -0.4 is 16.4 Å². The fourth-order valence-electron chi connectivity index (χ4n) is 5.11. The number of halogens is 1. The zero-order valence-corrected chi connectivity index (χ0v) is 21.1. The lowest BCUT2D eigenvalue weighted by atomic mass is 9.97. The van der Waals surface area contributed by atoms with E-state index in [1.807, 2.05) is 6.07 Å². The molecule has 1 aliphatic carbocycles. The van der Waals surface area contributed by atoms with Gasteiger partial charge in [0.15, 0.2) is 0 Å². The Kier molecular flexibility index (Phi) is 6.93. The maximum absolute atomic E-state index is 14.8. The van der Waals surface area contributed by atoms with Crippen LogP contribution in [0, 0.1) is 27.3 Å². The first-order valence-electron chi connectivity index (χ1n) is 12.5. The minimum Gasteiger partial charge on any atom is -0.391 e. The van der Waals surface area contributed by atoms with Gasteiger partial charge in [0.1, 0.15) is 11.9 Å². The number of benzene rings is 3. The molecule has 204 valence electrons. The van der Waals surface area contributed by atoms with Gasteiger partial charge in [-0.2, -0.15) is 5.26 Å². The van der Waals surface area contributed by atoms with Gasteiger partial charge in [-0.15, -0.1) is 0 Å². The normalized spacial score (nSPS) is 23.2. The van der Waals surface area contributed by atoms with Crippen LogP contribution in [0.2, 0.25) is 0 Å². The first-order chi connectivity index (χ1) is 19.1. The summed E-state index contributed by atoms with van der Waals surface area (Å²) in [6.45, 7) is -0.126. The van der Waals surface area contributed by atoms with Crippen molar-refractivity contribution in [2.45, 2.75) is 36.4 Å². The van der Waals surface area contributed by atoms with Crippen LogP contribution in [0.5, 0.6) is 0 Å². The number of likely N-dealkylation sites (tertiary alicyclic amines) is 1. The molecule has 1 aliphatic heterocycles. The highest BCUT2D eigenvalue weighted by Crippen LogP contribution is 2.56. The maximum Gasteiger partial charge on any atom is 0.322 e. The van der Waals surface area contributed by atoms with E-state index >= 15 is 0 Å². The maximum atomic E-state index is 14.8. The zero-order valence-electron chi connectivity index (χ0n) is 21.1. The van der Waals surface area contributed by atoms with Gasteiger partial charge in [-0.05, 0) is 53.9 Å². The lowest BCUT2D eigenvalue weighted by Gasteiger charge is -2.24. The molecule has 0 aromatic heterocycles. The molecular weight excluding hydrogens is 519 g/mol. The second kappa shape index (κ2) is 10.4. The Bertz CT molecular complexity index is 1540. The number of nitrogens with zero attached hydrogens (tertiary/aromatic N) is 3. The molecule has 2 unspecified atom stereocenters. The fourth-order valence-corrected chi connectivity index (χ4v) is 5.11. The predicted octanol–water partition coefficient (Wildman–Crippen LogP) is 3.55. The van der Waals surface area contributed by atoms with Crippen LogP contribution >= 0.6 is 0 Å². The smallest absolute Gasteiger partial charge is 0.322 e. The molecule has 1 saturated carbocycles. The summed E-state index contributed by atoms with van der Waals surface area (Å²) in [5.41, 5.74) is 7.90. The number of nitriles is 1. The predicted molar refractivity (Wildman–Crippen MR) is 143 cm³/mol. The fraction of sp³-hybridized carbons (Fsp3) is 0.250. The summed E-state index contributed by atoms with van der Waals surface area (Å²) in [4.78, 5) is 37.5. The molecule has 0 spiro atoms. The van der Waals surface area contributed by atoms with Gasteiger partial charge in [-0.25, -0.2) is 9.18 Å². The van der Waals surface area contributed by atoms with E-state index in [0.29, 0.717) is 17.5 Å². The number of carbonyl (C=O) groups is 2. The number of β-amino-alcohol motifs (C(OH)–C–C–N with tert-alkyl or cyclic N) is 1. The molecule has 0 radical (unpaired) electrons. The molecule has 2 aliphatic rings. The number of anilines is 2. The highest BCUT2D eigenvalue weighted by Gasteiger charge is 2.53. The molecule has 11 nitrogen and oxygen atoms in total. The number of rotatable bonds is 6. The largest absolute Gasteiger partial charge is 0.391 e. The van der Waals surface area contributed by atoms with Gasteiger partial charge >= 0.3 is 6.03 Å². The highest BCUT2D eigenvalue weighted by molar-refractivity contribution is 6.00. The molecule has 1 heterocycles. The van der Waals surface area contributed by atoms with Crippen molar-refractivity contribution in [3.05, 3.63) is 99.4 Å². The van der Waals surface area contributed by atoms with Gasteiger partial charge in [-0.3, -0.25) is 14.9 Å². The number of nitro benzene ring substituents is 1. The lowest BCUT2D eigenvalue weighted by Crippen LogP contribution is -2.45. The molecule has 40 heavy (non-hydrogen) atoms. The Morgan fingerprint density at radius 2 is 1.90 bits per heavy atom. The Labute approximate surface area is 228 Å². The van der Waals surface area contributed by atoms with Gasteiger partial charge < -0.3 is 26.4 Å². The molecule has 5 N–H and O–H groups in total. The van der Waals surface area contributed by atoms with Gasteiger partial charge in [0.05, 0.1) is 28.3 Å². The van der Waals surface area contributed by atoms with E-state index < -0.39 is 40.4 Å². The number of non-ortho nitro benzene ring substituents is 1.